The SMILES string of the molecule is Cc1cc(N2C(=O)N[C@@H](COCc3ccccc3)C2=O)c2oc(-c3ccc(OCc4ccccc4)c(OCc4ccccc4)c3)c(OCc3ccccc3)c(=O)c2c1. The summed E-state index contributed by atoms with van der Waals surface area (Å²) in [7, 11) is 0. The molecule has 6 aromatic carbocycles. The van der Waals surface area contributed by atoms with E-state index >= 15 is 0 Å². The molecule has 0 unspecified atom stereocenters. The highest BCUT2D eigenvalue weighted by Crippen LogP contribution is 2.40. The number of imide groups is 1. The molecule has 3 amide bonds. The minimum Gasteiger partial charge on any atom is -0.485 e. The van der Waals surface area contributed by atoms with Crippen molar-refractivity contribution in [2.45, 2.75) is 39.4 Å². The van der Waals surface area contributed by atoms with Crippen LogP contribution in [0.2, 0.25) is 0 Å². The lowest BCUT2D eigenvalue weighted by molar-refractivity contribution is -0.119. The molecule has 1 N–H and O–H groups in total. The molecule has 0 bridgehead atoms. The number of rotatable bonds is 15. The maximum absolute atomic E-state index is 14.6. The van der Waals surface area contributed by atoms with Crippen molar-refractivity contribution in [1.29, 1.82) is 0 Å². The van der Waals surface area contributed by atoms with Gasteiger partial charge in [-0.2, -0.15) is 0 Å². The van der Waals surface area contributed by atoms with Gasteiger partial charge in [0.25, 0.3) is 5.91 Å². The second-order valence-corrected chi connectivity index (χ2v) is 13.9. The first-order chi connectivity index (χ1) is 28.4. The van der Waals surface area contributed by atoms with E-state index in [0.29, 0.717) is 29.2 Å². The minimum absolute atomic E-state index is 0.0377. The van der Waals surface area contributed by atoms with Crippen molar-refractivity contribution in [3.63, 3.8) is 0 Å². The Morgan fingerprint density at radius 2 is 1.14 bits per heavy atom. The van der Waals surface area contributed by atoms with Gasteiger partial charge in [-0.25, -0.2) is 9.69 Å². The summed E-state index contributed by atoms with van der Waals surface area (Å²) < 4.78 is 31.5. The number of carbonyl (C=O) groups is 2. The molecule has 1 aromatic heterocycles. The molecule has 7 aromatic rings. The van der Waals surface area contributed by atoms with Crippen molar-refractivity contribution in [2.24, 2.45) is 0 Å². The molecular weight excluding hydrogens is 733 g/mol. The average molecular weight is 773 g/mol. The Balaban J connectivity index is 1.19. The first-order valence-electron chi connectivity index (χ1n) is 18.9. The van der Waals surface area contributed by atoms with Crippen LogP contribution >= 0.6 is 0 Å². The number of fused-ring (bicyclic) bond motifs is 1. The molecule has 8 rings (SSSR count). The fraction of sp³-hybridized carbons (Fsp3) is 0.146. The van der Waals surface area contributed by atoms with Crippen molar-refractivity contribution in [3.8, 4) is 28.6 Å². The first-order valence-corrected chi connectivity index (χ1v) is 18.9. The van der Waals surface area contributed by atoms with Gasteiger partial charge >= 0.3 is 6.03 Å². The average Bonchev–Trinajstić information content (AvgIpc) is 3.54. The van der Waals surface area contributed by atoms with Gasteiger partial charge < -0.3 is 28.7 Å². The normalized spacial score (nSPS) is 13.7. The third kappa shape index (κ3) is 8.47. The molecule has 0 aliphatic carbocycles. The first kappa shape index (κ1) is 37.7. The Morgan fingerprint density at radius 3 is 1.72 bits per heavy atom. The van der Waals surface area contributed by atoms with Gasteiger partial charge in [-0.1, -0.05) is 121 Å². The Labute approximate surface area is 335 Å². The molecule has 0 saturated carbocycles. The highest BCUT2D eigenvalue weighted by molar-refractivity contribution is 6.24. The molecule has 1 saturated heterocycles. The molecule has 58 heavy (non-hydrogen) atoms. The monoisotopic (exact) mass is 772 g/mol. The van der Waals surface area contributed by atoms with Crippen LogP contribution in [0.5, 0.6) is 17.2 Å². The summed E-state index contributed by atoms with van der Waals surface area (Å²) in [5.74, 6) is 0.409. The number of ether oxygens (including phenoxy) is 4. The van der Waals surface area contributed by atoms with E-state index < -0.39 is 23.4 Å². The van der Waals surface area contributed by atoms with Gasteiger partial charge in [0, 0.05) is 5.56 Å². The van der Waals surface area contributed by atoms with Crippen LogP contribution in [0.3, 0.4) is 0 Å². The van der Waals surface area contributed by atoms with Crippen LogP contribution < -0.4 is 29.9 Å². The molecule has 10 nitrogen and oxygen atoms in total. The molecule has 10 heteroatoms. The van der Waals surface area contributed by atoms with E-state index in [1.807, 2.05) is 121 Å². The number of benzene rings is 6. The van der Waals surface area contributed by atoms with Crippen LogP contribution in [0.15, 0.2) is 161 Å². The largest absolute Gasteiger partial charge is 0.485 e. The van der Waals surface area contributed by atoms with E-state index in [2.05, 4.69) is 5.32 Å². The van der Waals surface area contributed by atoms with Crippen molar-refractivity contribution < 1.29 is 33.0 Å². The van der Waals surface area contributed by atoms with Crippen molar-refractivity contribution in [1.82, 2.24) is 5.32 Å². The smallest absolute Gasteiger partial charge is 0.329 e. The van der Waals surface area contributed by atoms with Crippen molar-refractivity contribution >= 4 is 28.6 Å². The Bertz CT molecular complexity index is 2600. The number of anilines is 1. The maximum atomic E-state index is 14.6. The predicted molar refractivity (Wildman–Crippen MR) is 221 cm³/mol. The lowest BCUT2D eigenvalue weighted by Crippen LogP contribution is -2.34. The number of carbonyl (C=O) groups excluding carboxylic acids is 2. The molecule has 1 atom stereocenters. The van der Waals surface area contributed by atoms with Crippen molar-refractivity contribution in [2.75, 3.05) is 11.5 Å². The number of nitrogens with zero attached hydrogens (tertiary/aromatic N) is 1. The Kier molecular flexibility index (Phi) is 11.3. The van der Waals surface area contributed by atoms with Gasteiger partial charge in [0.2, 0.25) is 11.2 Å². The van der Waals surface area contributed by atoms with Gasteiger partial charge in [-0.15, -0.1) is 0 Å². The van der Waals surface area contributed by atoms with Gasteiger partial charge in [0.05, 0.1) is 24.3 Å². The van der Waals surface area contributed by atoms with E-state index in [9.17, 15) is 14.4 Å². The summed E-state index contributed by atoms with van der Waals surface area (Å²) in [6.45, 7) is 2.63. The zero-order valence-corrected chi connectivity index (χ0v) is 31.8. The molecule has 2 heterocycles. The molecule has 0 radical (unpaired) electrons. The summed E-state index contributed by atoms with van der Waals surface area (Å²) in [6, 6.07) is 45.5. The quantitative estimate of drug-likeness (QED) is 0.103. The summed E-state index contributed by atoms with van der Waals surface area (Å²) in [4.78, 5) is 43.1. The Hall–Kier alpha value is -7.17. The van der Waals surface area contributed by atoms with E-state index in [4.69, 9.17) is 23.4 Å². The lowest BCUT2D eigenvalue weighted by Gasteiger charge is -2.19. The molecule has 0 spiro atoms. The standard InChI is InChI=1S/C48H40N2O8/c1-32-24-38-43(51)46(57-30-36-20-12-5-13-21-36)44(58-45(38)40(25-32)50-47(52)39(49-48(50)53)31-54-27-33-14-6-2-7-15-33)37-22-23-41(55-28-34-16-8-3-9-17-34)42(26-37)56-29-35-18-10-4-11-19-35/h2-26,39H,27-31H2,1H3,(H,49,53)/t39-/m0/s1. The molecule has 1 aliphatic heterocycles. The highest BCUT2D eigenvalue weighted by Gasteiger charge is 2.41. The summed E-state index contributed by atoms with van der Waals surface area (Å²) >= 11 is 0. The van der Waals surface area contributed by atoms with Gasteiger partial charge in [0.1, 0.15) is 25.9 Å². The van der Waals surface area contributed by atoms with E-state index in [1.165, 1.54) is 0 Å². The number of hydrogen-bond acceptors (Lipinski definition) is 8. The summed E-state index contributed by atoms with van der Waals surface area (Å²) in [5.41, 5.74) is 4.49. The number of urea groups is 1. The van der Waals surface area contributed by atoms with Crippen LogP contribution in [0.1, 0.15) is 27.8 Å². The maximum Gasteiger partial charge on any atom is 0.329 e. The summed E-state index contributed by atoms with van der Waals surface area (Å²) in [5, 5.41) is 2.88. The predicted octanol–water partition coefficient (Wildman–Crippen LogP) is 9.15. The number of nitrogens with one attached hydrogen (secondary N) is 1. The second-order valence-electron chi connectivity index (χ2n) is 13.9. The topological polar surface area (TPSA) is 117 Å². The fourth-order valence-corrected chi connectivity index (χ4v) is 6.71. The number of hydrogen-bond donors (Lipinski definition) is 1. The van der Waals surface area contributed by atoms with Crippen LogP contribution in [0.4, 0.5) is 10.5 Å². The van der Waals surface area contributed by atoms with Gasteiger partial charge in [-0.3, -0.25) is 9.59 Å². The second kappa shape index (κ2) is 17.3. The molecular formula is C48H40N2O8. The number of aryl methyl sites for hydroxylation is 1. The van der Waals surface area contributed by atoms with Crippen molar-refractivity contribution in [3.05, 3.63) is 190 Å². The molecule has 1 aliphatic rings. The van der Waals surface area contributed by atoms with E-state index in [0.717, 1.165) is 27.2 Å². The van der Waals surface area contributed by atoms with Crippen LogP contribution in [0.25, 0.3) is 22.3 Å². The minimum atomic E-state index is -0.945. The van der Waals surface area contributed by atoms with Crippen LogP contribution in [-0.2, 0) is 36.0 Å². The van der Waals surface area contributed by atoms with E-state index in [1.54, 1.807) is 37.3 Å². The Morgan fingerprint density at radius 1 is 0.603 bits per heavy atom. The van der Waals surface area contributed by atoms with Gasteiger partial charge in [0.15, 0.2) is 22.8 Å². The zero-order chi connectivity index (χ0) is 39.8. The number of amides is 3. The highest BCUT2D eigenvalue weighted by atomic mass is 16.5. The summed E-state index contributed by atoms with van der Waals surface area (Å²) in [6.07, 6.45) is 0. The zero-order valence-electron chi connectivity index (χ0n) is 31.8. The van der Waals surface area contributed by atoms with E-state index in [-0.39, 0.29) is 54.6 Å². The van der Waals surface area contributed by atoms with Crippen LogP contribution in [-0.4, -0.2) is 24.6 Å². The lowest BCUT2D eigenvalue weighted by atomic mass is 10.1. The molecule has 290 valence electrons. The van der Waals surface area contributed by atoms with Gasteiger partial charge in [-0.05, 0) is 65.1 Å². The molecule has 1 fully saturated rings. The third-order valence-electron chi connectivity index (χ3n) is 9.64. The third-order valence-corrected chi connectivity index (χ3v) is 9.64. The van der Waals surface area contributed by atoms with Crippen LogP contribution in [0, 0.1) is 6.92 Å². The fourth-order valence-electron chi connectivity index (χ4n) is 6.71.